The van der Waals surface area contributed by atoms with Gasteiger partial charge in [0.1, 0.15) is 66.5 Å². The maximum absolute atomic E-state index is 15.4. The van der Waals surface area contributed by atoms with Gasteiger partial charge >= 0.3 is 0 Å². The Kier molecular flexibility index (Phi) is 36.2. The maximum atomic E-state index is 15.4. The standard InChI is InChI=1S/C70H127N13O12S/c1-25-27-29-47(13)39-52-61(86)74-50(26-2)64(89)81(23)56(41-96-35-28-32-83-33-30-71-31-34-83)67(92)80(22)55(40-70(16,17)95)62(87)75-57(45(9)10)68(93)76(18)51(36-42(3)4)60(85)72-48(14)59(84)73-49(15)63(88)78(20)53(37-43(5)6)65(90)79(21)54(38-44(7)8)66(91)82(24)58(46(11)12)69(94)77(52)19/h25,27,42-58,71,95H,26,28-41H2,1-24H3,(H,72,85)(H,73,84)(H,74,86)(H,75,87)/b27-25+/t47-,48-,49+,50+,51-,52+,53-,54+,55+,56-,57-,58+/m1/s1. The molecule has 0 aromatic heterocycles. The average Bonchev–Trinajstić information content (AvgIpc) is 0.836. The minimum Gasteiger partial charge on any atom is -0.390 e. The second-order valence-corrected chi connectivity index (χ2v) is 30.8. The van der Waals surface area contributed by atoms with Gasteiger partial charge in [0.2, 0.25) is 65.0 Å². The number of carbonyl (C=O) groups excluding carboxylic acids is 11. The summed E-state index contributed by atoms with van der Waals surface area (Å²) in [5, 5.41) is 26.1. The van der Waals surface area contributed by atoms with E-state index in [0.717, 1.165) is 39.1 Å². The molecule has 2 rings (SSSR count). The van der Waals surface area contributed by atoms with Crippen molar-refractivity contribution >= 4 is 76.7 Å². The zero-order chi connectivity index (χ0) is 73.5. The van der Waals surface area contributed by atoms with Crippen LogP contribution in [0.5, 0.6) is 0 Å². The molecule has 0 bridgehead atoms. The lowest BCUT2D eigenvalue weighted by Crippen LogP contribution is -2.62. The number of likely N-dealkylation sites (N-methyl/N-ethyl adjacent to an activating group) is 7. The quantitative estimate of drug-likeness (QED) is 0.0704. The van der Waals surface area contributed by atoms with Crippen molar-refractivity contribution in [1.82, 2.24) is 65.8 Å². The molecule has 2 heterocycles. The first-order chi connectivity index (χ1) is 44.6. The highest BCUT2D eigenvalue weighted by molar-refractivity contribution is 7.99. The van der Waals surface area contributed by atoms with E-state index in [0.29, 0.717) is 12.2 Å². The number of nitrogens with zero attached hydrogens (tertiary/aromatic N) is 8. The molecule has 550 valence electrons. The molecular weight excluding hydrogens is 1250 g/mol. The molecule has 25 nitrogen and oxygen atoms in total. The number of allylic oxidation sites excluding steroid dienone is 2. The molecular formula is C70H127N13O12S. The molecule has 0 aromatic carbocycles. The third-order valence-corrected chi connectivity index (χ3v) is 19.6. The summed E-state index contributed by atoms with van der Waals surface area (Å²) in [5.41, 5.74) is -1.56. The molecule has 0 unspecified atom stereocenters. The molecule has 11 amide bonds. The summed E-state index contributed by atoms with van der Waals surface area (Å²) < 4.78 is 0. The van der Waals surface area contributed by atoms with Crippen molar-refractivity contribution in [3.8, 4) is 0 Å². The van der Waals surface area contributed by atoms with Crippen molar-refractivity contribution in [2.24, 2.45) is 35.5 Å². The number of hydrogen-bond donors (Lipinski definition) is 6. The number of nitrogens with one attached hydrogen (secondary N) is 5. The molecule has 0 aromatic rings. The lowest BCUT2D eigenvalue weighted by Gasteiger charge is -2.41. The van der Waals surface area contributed by atoms with Crippen LogP contribution in [0.2, 0.25) is 0 Å². The number of aliphatic hydroxyl groups is 1. The molecule has 0 aliphatic carbocycles. The van der Waals surface area contributed by atoms with Crippen LogP contribution in [0.1, 0.15) is 169 Å². The first-order valence-corrected chi connectivity index (χ1v) is 36.1. The van der Waals surface area contributed by atoms with Crippen molar-refractivity contribution in [2.75, 3.05) is 93.6 Å². The number of piperazine rings is 1. The SMILES string of the molecule is C/C=C/C[C@@H](C)C[C@H]1C(=O)N[C@@H](CC)C(=O)N(C)[C@H](CSCCCN2CCNCC2)C(=O)N(C)[C@@H](CC(C)(C)O)C(=O)N[C@H](C(C)C)C(=O)N(C)[C@H](CC(C)C)C(=O)N[C@H](C)C(=O)N[C@@H](C)C(=O)N(C)[C@H](CC(C)C)C(=O)N(C)[C@@H](CC(C)C)C(=O)N(C)[C@@H](C(C)C)C(=O)N1C. The van der Waals surface area contributed by atoms with Gasteiger partial charge in [-0.2, -0.15) is 11.8 Å². The number of rotatable bonds is 21. The van der Waals surface area contributed by atoms with Crippen LogP contribution in [0, 0.1) is 35.5 Å². The Hall–Kier alpha value is -5.86. The normalized spacial score (nSPS) is 26.9. The van der Waals surface area contributed by atoms with Crippen molar-refractivity contribution < 1.29 is 57.8 Å². The highest BCUT2D eigenvalue weighted by Crippen LogP contribution is 2.27. The van der Waals surface area contributed by atoms with Gasteiger partial charge in [-0.25, -0.2) is 0 Å². The van der Waals surface area contributed by atoms with Crippen molar-refractivity contribution in [1.29, 1.82) is 0 Å². The van der Waals surface area contributed by atoms with E-state index in [1.54, 1.807) is 34.6 Å². The van der Waals surface area contributed by atoms with Crippen LogP contribution < -0.4 is 26.6 Å². The number of carbonyl (C=O) groups is 11. The average molecular weight is 1370 g/mol. The summed E-state index contributed by atoms with van der Waals surface area (Å²) in [5.74, 6) is -8.15. The molecule has 2 fully saturated rings. The molecule has 26 heteroatoms. The Bertz CT molecular complexity index is 2610. The molecule has 2 aliphatic rings. The van der Waals surface area contributed by atoms with Crippen LogP contribution in [0.3, 0.4) is 0 Å². The van der Waals surface area contributed by atoms with Crippen molar-refractivity contribution in [3.63, 3.8) is 0 Å². The molecule has 12 atom stereocenters. The van der Waals surface area contributed by atoms with E-state index in [2.05, 4.69) is 31.5 Å². The van der Waals surface area contributed by atoms with Gasteiger partial charge < -0.3 is 70.9 Å². The number of thioether (sulfide) groups is 1. The summed E-state index contributed by atoms with van der Waals surface area (Å²) >= 11 is 1.46. The zero-order valence-electron chi connectivity index (χ0n) is 63.0. The Balaban J connectivity index is 3.08. The number of hydrogen-bond acceptors (Lipinski definition) is 15. The summed E-state index contributed by atoms with van der Waals surface area (Å²) in [6.07, 6.45) is 5.56. The van der Waals surface area contributed by atoms with Crippen molar-refractivity contribution in [3.05, 3.63) is 12.2 Å². The smallest absolute Gasteiger partial charge is 0.246 e. The number of amides is 11. The molecule has 2 aliphatic heterocycles. The predicted octanol–water partition coefficient (Wildman–Crippen LogP) is 3.81. The summed E-state index contributed by atoms with van der Waals surface area (Å²) in [6.45, 7) is 34.1. The van der Waals surface area contributed by atoms with Gasteiger partial charge in [-0.1, -0.05) is 95.2 Å². The van der Waals surface area contributed by atoms with E-state index < -0.39 is 149 Å². The topological polar surface area (TPSA) is 294 Å². The molecule has 96 heavy (non-hydrogen) atoms. The van der Waals surface area contributed by atoms with Gasteiger partial charge in [-0.05, 0) is 127 Å². The van der Waals surface area contributed by atoms with E-state index in [1.165, 1.54) is 123 Å². The summed E-state index contributed by atoms with van der Waals surface area (Å²) in [6, 6.07) is -13.4. The highest BCUT2D eigenvalue weighted by Gasteiger charge is 2.45. The zero-order valence-corrected chi connectivity index (χ0v) is 63.8. The molecule has 6 N–H and O–H groups in total. The van der Waals surface area contributed by atoms with Gasteiger partial charge in [0.05, 0.1) is 5.60 Å². The largest absolute Gasteiger partial charge is 0.390 e. The van der Waals surface area contributed by atoms with E-state index in [1.807, 2.05) is 67.5 Å². The van der Waals surface area contributed by atoms with Gasteiger partial charge in [0, 0.05) is 87.7 Å². The second kappa shape index (κ2) is 40.3. The maximum Gasteiger partial charge on any atom is 0.246 e. The van der Waals surface area contributed by atoms with Gasteiger partial charge in [-0.3, -0.25) is 52.7 Å². The predicted molar refractivity (Wildman–Crippen MR) is 379 cm³/mol. The molecule has 0 spiro atoms. The van der Waals surface area contributed by atoms with E-state index >= 15 is 33.6 Å². The van der Waals surface area contributed by atoms with E-state index in [4.69, 9.17) is 0 Å². The first kappa shape index (κ1) is 86.2. The van der Waals surface area contributed by atoms with Crippen LogP contribution in [0.25, 0.3) is 0 Å². The molecule has 0 radical (unpaired) electrons. The first-order valence-electron chi connectivity index (χ1n) is 35.0. The fourth-order valence-corrected chi connectivity index (χ4v) is 13.5. The lowest BCUT2D eigenvalue weighted by atomic mass is 9.93. The van der Waals surface area contributed by atoms with Crippen LogP contribution in [0.15, 0.2) is 12.2 Å². The highest BCUT2D eigenvalue weighted by atomic mass is 32.2. The summed E-state index contributed by atoms with van der Waals surface area (Å²) in [4.78, 5) is 176. The van der Waals surface area contributed by atoms with Crippen molar-refractivity contribution in [2.45, 2.75) is 241 Å². The Morgan fingerprint density at radius 2 is 0.948 bits per heavy atom. The summed E-state index contributed by atoms with van der Waals surface area (Å²) in [7, 11) is 10.3. The molecule has 2 saturated heterocycles. The van der Waals surface area contributed by atoms with Gasteiger partial charge in [0.25, 0.3) is 0 Å². The van der Waals surface area contributed by atoms with Crippen LogP contribution >= 0.6 is 11.8 Å². The van der Waals surface area contributed by atoms with E-state index in [9.17, 15) is 24.3 Å². The Morgan fingerprint density at radius 3 is 1.45 bits per heavy atom. The van der Waals surface area contributed by atoms with E-state index in [-0.39, 0.29) is 67.9 Å². The van der Waals surface area contributed by atoms with Crippen LogP contribution in [-0.4, -0.2) is 275 Å². The minimum absolute atomic E-state index is 0.0644. The minimum atomic E-state index is -1.56. The van der Waals surface area contributed by atoms with Crippen LogP contribution in [0.4, 0.5) is 0 Å². The van der Waals surface area contributed by atoms with Gasteiger partial charge in [-0.15, -0.1) is 0 Å². The Morgan fingerprint density at radius 1 is 0.510 bits per heavy atom. The monoisotopic (exact) mass is 1370 g/mol. The molecule has 0 saturated carbocycles. The second-order valence-electron chi connectivity index (χ2n) is 29.7. The fourth-order valence-electron chi connectivity index (χ4n) is 12.4. The Labute approximate surface area is 580 Å². The third kappa shape index (κ3) is 25.8. The van der Waals surface area contributed by atoms with Crippen LogP contribution in [-0.2, 0) is 52.7 Å². The van der Waals surface area contributed by atoms with Gasteiger partial charge in [0.15, 0.2) is 0 Å². The third-order valence-electron chi connectivity index (χ3n) is 18.5. The fraction of sp³-hybridized carbons (Fsp3) is 0.814. The lowest BCUT2D eigenvalue weighted by molar-refractivity contribution is -0.156.